The largest absolute Gasteiger partial charge is 0.405 e. The predicted molar refractivity (Wildman–Crippen MR) is 53.1 cm³/mol. The standard InChI is InChI=1S/C9H14F3N3O2/c1-17-6-5-15(4-2-3-13)8(16)14-7-9(10,11)12/h2,4-7H2,1H3,(H,14,16). The Labute approximate surface area is 97.1 Å². The van der Waals surface area contributed by atoms with Gasteiger partial charge in [0.15, 0.2) is 0 Å². The molecule has 2 amide bonds. The van der Waals surface area contributed by atoms with Gasteiger partial charge < -0.3 is 15.0 Å². The zero-order valence-electron chi connectivity index (χ0n) is 9.38. The van der Waals surface area contributed by atoms with E-state index >= 15 is 0 Å². The van der Waals surface area contributed by atoms with Gasteiger partial charge in [-0.15, -0.1) is 0 Å². The monoisotopic (exact) mass is 253 g/mol. The van der Waals surface area contributed by atoms with Crippen LogP contribution in [0.3, 0.4) is 0 Å². The van der Waals surface area contributed by atoms with Crippen molar-refractivity contribution in [3.05, 3.63) is 0 Å². The molecule has 0 saturated carbocycles. The average molecular weight is 253 g/mol. The second kappa shape index (κ2) is 7.73. The number of methoxy groups -OCH3 is 1. The van der Waals surface area contributed by atoms with Crippen LogP contribution in [0.1, 0.15) is 6.42 Å². The number of alkyl halides is 3. The first-order valence-corrected chi connectivity index (χ1v) is 4.86. The van der Waals surface area contributed by atoms with Crippen molar-refractivity contribution in [3.63, 3.8) is 0 Å². The second-order valence-electron chi connectivity index (χ2n) is 3.16. The number of rotatable bonds is 6. The minimum Gasteiger partial charge on any atom is -0.383 e. The number of hydrogen-bond acceptors (Lipinski definition) is 3. The Morgan fingerprint density at radius 1 is 1.47 bits per heavy atom. The lowest BCUT2D eigenvalue weighted by Gasteiger charge is -2.22. The summed E-state index contributed by atoms with van der Waals surface area (Å²) in [7, 11) is 1.41. The molecule has 98 valence electrons. The van der Waals surface area contributed by atoms with Crippen LogP contribution in [0.15, 0.2) is 0 Å². The van der Waals surface area contributed by atoms with E-state index in [1.165, 1.54) is 7.11 Å². The summed E-state index contributed by atoms with van der Waals surface area (Å²) in [5.41, 5.74) is 0. The molecule has 0 aliphatic heterocycles. The third kappa shape index (κ3) is 8.33. The summed E-state index contributed by atoms with van der Waals surface area (Å²) in [5, 5.41) is 10.1. The minimum atomic E-state index is -4.45. The Morgan fingerprint density at radius 3 is 2.59 bits per heavy atom. The number of urea groups is 1. The van der Waals surface area contributed by atoms with E-state index in [0.717, 1.165) is 4.90 Å². The molecule has 1 N–H and O–H groups in total. The summed E-state index contributed by atoms with van der Waals surface area (Å²) in [6.45, 7) is -0.974. The van der Waals surface area contributed by atoms with Gasteiger partial charge in [0.1, 0.15) is 6.54 Å². The number of ether oxygens (including phenoxy) is 1. The fraction of sp³-hybridized carbons (Fsp3) is 0.778. The highest BCUT2D eigenvalue weighted by molar-refractivity contribution is 5.74. The summed E-state index contributed by atoms with van der Waals surface area (Å²) in [4.78, 5) is 12.5. The van der Waals surface area contributed by atoms with Gasteiger partial charge in [0.25, 0.3) is 0 Å². The second-order valence-corrected chi connectivity index (χ2v) is 3.16. The molecule has 0 unspecified atom stereocenters. The summed E-state index contributed by atoms with van der Waals surface area (Å²) in [6.07, 6.45) is -4.39. The Balaban J connectivity index is 4.17. The van der Waals surface area contributed by atoms with Crippen molar-refractivity contribution < 1.29 is 22.7 Å². The molecule has 0 radical (unpaired) electrons. The van der Waals surface area contributed by atoms with E-state index in [2.05, 4.69) is 0 Å². The molecule has 0 aromatic heterocycles. The van der Waals surface area contributed by atoms with E-state index in [-0.39, 0.29) is 26.1 Å². The highest BCUT2D eigenvalue weighted by Gasteiger charge is 2.28. The Kier molecular flexibility index (Phi) is 7.05. The molecule has 0 rings (SSSR count). The molecular formula is C9H14F3N3O2. The number of halogens is 3. The molecule has 0 aromatic rings. The third-order valence-electron chi connectivity index (χ3n) is 1.79. The smallest absolute Gasteiger partial charge is 0.383 e. The first-order valence-electron chi connectivity index (χ1n) is 4.86. The van der Waals surface area contributed by atoms with Crippen molar-refractivity contribution in [2.75, 3.05) is 33.4 Å². The first-order chi connectivity index (χ1) is 7.90. The van der Waals surface area contributed by atoms with Crippen molar-refractivity contribution in [1.29, 1.82) is 5.26 Å². The fourth-order valence-electron chi connectivity index (χ4n) is 0.989. The van der Waals surface area contributed by atoms with E-state index in [0.29, 0.717) is 0 Å². The summed E-state index contributed by atoms with van der Waals surface area (Å²) in [6, 6.07) is 0.965. The van der Waals surface area contributed by atoms with Gasteiger partial charge in [-0.2, -0.15) is 18.4 Å². The zero-order valence-corrected chi connectivity index (χ0v) is 9.38. The van der Waals surface area contributed by atoms with Crippen LogP contribution < -0.4 is 5.32 Å². The maximum Gasteiger partial charge on any atom is 0.405 e. The predicted octanol–water partition coefficient (Wildman–Crippen LogP) is 1.12. The van der Waals surface area contributed by atoms with E-state index in [4.69, 9.17) is 10.00 Å². The average Bonchev–Trinajstić information content (AvgIpc) is 2.25. The summed E-state index contributed by atoms with van der Waals surface area (Å²) in [5.74, 6) is 0. The summed E-state index contributed by atoms with van der Waals surface area (Å²) < 4.78 is 40.3. The maximum absolute atomic E-state index is 11.9. The lowest BCUT2D eigenvalue weighted by molar-refractivity contribution is -0.123. The molecule has 8 heteroatoms. The van der Waals surface area contributed by atoms with Crippen molar-refractivity contribution in [2.24, 2.45) is 0 Å². The van der Waals surface area contributed by atoms with Crippen LogP contribution in [-0.4, -0.2) is 50.5 Å². The van der Waals surface area contributed by atoms with Gasteiger partial charge in [0.05, 0.1) is 19.1 Å². The SMILES string of the molecule is COCCN(CCC#N)C(=O)NCC(F)(F)F. The Bertz CT molecular complexity index is 276. The normalized spacial score (nSPS) is 10.8. The maximum atomic E-state index is 11.9. The van der Waals surface area contributed by atoms with Gasteiger partial charge >= 0.3 is 12.2 Å². The van der Waals surface area contributed by atoms with Crippen molar-refractivity contribution in [3.8, 4) is 6.07 Å². The first kappa shape index (κ1) is 15.5. The van der Waals surface area contributed by atoms with E-state index < -0.39 is 18.8 Å². The number of carbonyl (C=O) groups excluding carboxylic acids is 1. The highest BCUT2D eigenvalue weighted by Crippen LogP contribution is 2.12. The number of nitriles is 1. The molecule has 0 aromatic carbocycles. The van der Waals surface area contributed by atoms with E-state index in [1.807, 2.05) is 6.07 Å². The Morgan fingerprint density at radius 2 is 2.12 bits per heavy atom. The molecular weight excluding hydrogens is 239 g/mol. The van der Waals surface area contributed by atoms with Crippen molar-refractivity contribution in [1.82, 2.24) is 10.2 Å². The zero-order chi connectivity index (χ0) is 13.3. The number of nitrogens with zero attached hydrogens (tertiary/aromatic N) is 2. The molecule has 0 bridgehead atoms. The van der Waals surface area contributed by atoms with Crippen LogP contribution in [-0.2, 0) is 4.74 Å². The van der Waals surface area contributed by atoms with E-state index in [9.17, 15) is 18.0 Å². The molecule has 0 aliphatic carbocycles. The number of carbonyl (C=O) groups is 1. The fourth-order valence-corrected chi connectivity index (χ4v) is 0.989. The third-order valence-corrected chi connectivity index (χ3v) is 1.79. The van der Waals surface area contributed by atoms with Crippen LogP contribution in [0.4, 0.5) is 18.0 Å². The highest BCUT2D eigenvalue weighted by atomic mass is 19.4. The molecule has 5 nitrogen and oxygen atoms in total. The summed E-state index contributed by atoms with van der Waals surface area (Å²) >= 11 is 0. The number of nitrogens with one attached hydrogen (secondary N) is 1. The molecule has 0 atom stereocenters. The van der Waals surface area contributed by atoms with Crippen LogP contribution in [0.25, 0.3) is 0 Å². The van der Waals surface area contributed by atoms with Crippen LogP contribution in [0.5, 0.6) is 0 Å². The van der Waals surface area contributed by atoms with Gasteiger partial charge in [0.2, 0.25) is 0 Å². The van der Waals surface area contributed by atoms with Crippen molar-refractivity contribution >= 4 is 6.03 Å². The van der Waals surface area contributed by atoms with Crippen molar-refractivity contribution in [2.45, 2.75) is 12.6 Å². The van der Waals surface area contributed by atoms with Gasteiger partial charge in [-0.1, -0.05) is 0 Å². The topological polar surface area (TPSA) is 65.4 Å². The van der Waals surface area contributed by atoms with Crippen LogP contribution in [0, 0.1) is 11.3 Å². The molecule has 0 saturated heterocycles. The van der Waals surface area contributed by atoms with E-state index in [1.54, 1.807) is 5.32 Å². The lowest BCUT2D eigenvalue weighted by atomic mass is 10.4. The number of amides is 2. The lowest BCUT2D eigenvalue weighted by Crippen LogP contribution is -2.45. The Hall–Kier alpha value is -1.49. The molecule has 0 fully saturated rings. The quantitative estimate of drug-likeness (QED) is 0.771. The van der Waals surface area contributed by atoms with Crippen LogP contribution >= 0.6 is 0 Å². The van der Waals surface area contributed by atoms with Gasteiger partial charge in [-0.3, -0.25) is 0 Å². The number of hydrogen-bond donors (Lipinski definition) is 1. The molecule has 0 aliphatic rings. The van der Waals surface area contributed by atoms with Gasteiger partial charge in [-0.25, -0.2) is 4.79 Å². The molecule has 17 heavy (non-hydrogen) atoms. The molecule has 0 spiro atoms. The van der Waals surface area contributed by atoms with Crippen LogP contribution in [0.2, 0.25) is 0 Å². The minimum absolute atomic E-state index is 0.0587. The van der Waals surface area contributed by atoms with Gasteiger partial charge in [-0.05, 0) is 0 Å². The van der Waals surface area contributed by atoms with Gasteiger partial charge in [0, 0.05) is 20.2 Å². The molecule has 0 heterocycles.